The zero-order valence-corrected chi connectivity index (χ0v) is 18.3. The average molecular weight is 440 g/mol. The molecule has 2 heterocycles. The first-order valence-electron chi connectivity index (χ1n) is 10.2. The number of fused-ring (bicyclic) bond motifs is 1. The van der Waals surface area contributed by atoms with Crippen LogP contribution in [-0.4, -0.2) is 22.8 Å². The van der Waals surface area contributed by atoms with Crippen molar-refractivity contribution < 1.29 is 9.53 Å². The summed E-state index contributed by atoms with van der Waals surface area (Å²) in [4.78, 5) is 17.8. The van der Waals surface area contributed by atoms with Gasteiger partial charge in [-0.15, -0.1) is 0 Å². The fourth-order valence-electron chi connectivity index (χ4n) is 3.70. The number of hydrogen-bond acceptors (Lipinski definition) is 4. The Labute approximate surface area is 190 Å². The average Bonchev–Trinajstić information content (AvgIpc) is 3.35. The Bertz CT molecular complexity index is 1340. The summed E-state index contributed by atoms with van der Waals surface area (Å²) in [6.45, 7) is 0.772. The topological polar surface area (TPSA) is 55.6 Å². The molecule has 1 amide bonds. The third kappa shape index (κ3) is 4.18. The van der Waals surface area contributed by atoms with Crippen LogP contribution in [0.4, 0.5) is 5.69 Å². The van der Waals surface area contributed by atoms with E-state index in [4.69, 9.17) is 4.74 Å². The molecule has 6 heteroatoms. The maximum atomic E-state index is 12.6. The van der Waals surface area contributed by atoms with E-state index in [0.717, 1.165) is 34.4 Å². The number of thioether (sulfide) groups is 1. The van der Waals surface area contributed by atoms with E-state index in [1.807, 2.05) is 60.7 Å². The number of aliphatic imine (C=N–C) groups is 1. The van der Waals surface area contributed by atoms with Crippen molar-refractivity contribution in [2.24, 2.45) is 4.99 Å². The van der Waals surface area contributed by atoms with Gasteiger partial charge in [0.05, 0.1) is 17.7 Å². The zero-order valence-electron chi connectivity index (χ0n) is 17.5. The molecule has 158 valence electrons. The quantitative estimate of drug-likeness (QED) is 0.413. The molecule has 1 aromatic heterocycles. The number of amides is 1. The molecule has 0 saturated carbocycles. The Morgan fingerprint density at radius 3 is 2.53 bits per heavy atom. The molecule has 0 atom stereocenters. The van der Waals surface area contributed by atoms with E-state index in [2.05, 4.69) is 45.3 Å². The lowest BCUT2D eigenvalue weighted by Crippen LogP contribution is -2.19. The smallest absolute Gasteiger partial charge is 0.264 e. The van der Waals surface area contributed by atoms with Gasteiger partial charge >= 0.3 is 0 Å². The van der Waals surface area contributed by atoms with Gasteiger partial charge in [0.15, 0.2) is 5.17 Å². The van der Waals surface area contributed by atoms with Gasteiger partial charge < -0.3 is 14.6 Å². The summed E-state index contributed by atoms with van der Waals surface area (Å²) in [6, 6.07) is 26.0. The van der Waals surface area contributed by atoms with Crippen LogP contribution in [0.25, 0.3) is 17.0 Å². The Kier molecular flexibility index (Phi) is 5.52. The number of benzene rings is 3. The first kappa shape index (κ1) is 20.2. The zero-order chi connectivity index (χ0) is 21.9. The Morgan fingerprint density at radius 2 is 1.75 bits per heavy atom. The molecule has 1 saturated heterocycles. The van der Waals surface area contributed by atoms with E-state index in [1.54, 1.807) is 7.11 Å². The van der Waals surface area contributed by atoms with Crippen LogP contribution >= 0.6 is 11.8 Å². The summed E-state index contributed by atoms with van der Waals surface area (Å²) in [5, 5.41) is 4.55. The van der Waals surface area contributed by atoms with Crippen molar-refractivity contribution in [1.82, 2.24) is 9.88 Å². The van der Waals surface area contributed by atoms with Gasteiger partial charge in [-0.05, 0) is 53.7 Å². The van der Waals surface area contributed by atoms with E-state index >= 15 is 0 Å². The predicted octanol–water partition coefficient (Wildman–Crippen LogP) is 5.59. The molecule has 0 bridgehead atoms. The second-order valence-corrected chi connectivity index (χ2v) is 8.43. The van der Waals surface area contributed by atoms with Crippen molar-refractivity contribution in [2.45, 2.75) is 6.54 Å². The molecule has 4 aromatic rings. The van der Waals surface area contributed by atoms with Crippen LogP contribution in [-0.2, 0) is 11.3 Å². The normalized spacial score (nSPS) is 16.1. The Morgan fingerprint density at radius 1 is 1.00 bits per heavy atom. The highest BCUT2D eigenvalue weighted by atomic mass is 32.2. The molecule has 0 radical (unpaired) electrons. The first-order valence-corrected chi connectivity index (χ1v) is 11.1. The highest BCUT2D eigenvalue weighted by Gasteiger charge is 2.24. The lowest BCUT2D eigenvalue weighted by Gasteiger charge is -2.05. The van der Waals surface area contributed by atoms with Gasteiger partial charge in [-0.3, -0.25) is 4.79 Å². The summed E-state index contributed by atoms with van der Waals surface area (Å²) >= 11 is 1.35. The summed E-state index contributed by atoms with van der Waals surface area (Å²) in [7, 11) is 1.63. The van der Waals surface area contributed by atoms with Crippen molar-refractivity contribution in [1.29, 1.82) is 0 Å². The molecular weight excluding hydrogens is 418 g/mol. The van der Waals surface area contributed by atoms with Crippen LogP contribution in [0, 0.1) is 0 Å². The molecule has 0 aliphatic carbocycles. The minimum absolute atomic E-state index is 0.137. The molecule has 3 aromatic carbocycles. The molecule has 5 rings (SSSR count). The number of amidine groups is 1. The lowest BCUT2D eigenvalue weighted by molar-refractivity contribution is -0.115. The lowest BCUT2D eigenvalue weighted by atomic mass is 10.1. The fourth-order valence-corrected chi connectivity index (χ4v) is 4.53. The van der Waals surface area contributed by atoms with Crippen LogP contribution in [0.5, 0.6) is 5.75 Å². The molecule has 1 N–H and O–H groups in total. The number of para-hydroxylation sites is 1. The van der Waals surface area contributed by atoms with E-state index in [-0.39, 0.29) is 5.91 Å². The van der Waals surface area contributed by atoms with Gasteiger partial charge in [-0.25, -0.2) is 4.99 Å². The van der Waals surface area contributed by atoms with Crippen molar-refractivity contribution in [2.75, 3.05) is 7.11 Å². The first-order chi connectivity index (χ1) is 15.7. The number of methoxy groups -OCH3 is 1. The van der Waals surface area contributed by atoms with E-state index in [9.17, 15) is 4.79 Å². The van der Waals surface area contributed by atoms with E-state index in [1.165, 1.54) is 17.3 Å². The van der Waals surface area contributed by atoms with Crippen molar-refractivity contribution in [3.8, 4) is 5.75 Å². The van der Waals surface area contributed by atoms with Gasteiger partial charge in [0, 0.05) is 29.2 Å². The highest BCUT2D eigenvalue weighted by Crippen LogP contribution is 2.31. The van der Waals surface area contributed by atoms with E-state index in [0.29, 0.717) is 10.1 Å². The fraction of sp³-hybridized carbons (Fsp3) is 0.0769. The number of hydrogen-bond donors (Lipinski definition) is 1. The maximum absolute atomic E-state index is 12.6. The maximum Gasteiger partial charge on any atom is 0.264 e. The number of ether oxygens (including phenoxy) is 1. The standard InChI is InChI=1S/C26H21N3O2S/c1-31-21-13-11-20(12-14-21)27-26-28-25(30)24(32-26)15-19-17-29(16-18-7-3-2-4-8-18)23-10-6-5-9-22(19)23/h2-15,17H,16H2,1H3,(H,27,28,30)/b24-15-. The second kappa shape index (κ2) is 8.77. The van der Waals surface area contributed by atoms with Crippen LogP contribution in [0.2, 0.25) is 0 Å². The van der Waals surface area contributed by atoms with E-state index < -0.39 is 0 Å². The monoisotopic (exact) mass is 439 g/mol. The van der Waals surface area contributed by atoms with Crippen molar-refractivity contribution >= 4 is 45.5 Å². The summed E-state index contributed by atoms with van der Waals surface area (Å²) in [6.07, 6.45) is 4.05. The number of rotatable bonds is 5. The van der Waals surface area contributed by atoms with Crippen LogP contribution < -0.4 is 10.1 Å². The number of nitrogens with zero attached hydrogens (tertiary/aromatic N) is 2. The largest absolute Gasteiger partial charge is 0.497 e. The van der Waals surface area contributed by atoms with Crippen LogP contribution in [0.1, 0.15) is 11.1 Å². The Balaban J connectivity index is 1.44. The number of carbonyl (C=O) groups excluding carboxylic acids is 1. The SMILES string of the molecule is COc1ccc(N=C2NC(=O)/C(=C/c3cn(Cc4ccccc4)c4ccccc34)S2)cc1. The van der Waals surface area contributed by atoms with Gasteiger partial charge in [0.2, 0.25) is 0 Å². The molecule has 0 unspecified atom stereocenters. The molecule has 0 spiro atoms. The highest BCUT2D eigenvalue weighted by molar-refractivity contribution is 8.18. The van der Waals surface area contributed by atoms with Gasteiger partial charge in [-0.2, -0.15) is 0 Å². The third-order valence-corrected chi connectivity index (χ3v) is 6.17. The van der Waals surface area contributed by atoms with Crippen LogP contribution in [0.15, 0.2) is 95.0 Å². The second-order valence-electron chi connectivity index (χ2n) is 7.39. The minimum Gasteiger partial charge on any atom is -0.497 e. The van der Waals surface area contributed by atoms with Gasteiger partial charge in [0.25, 0.3) is 5.91 Å². The molecule has 1 aliphatic heterocycles. The van der Waals surface area contributed by atoms with Gasteiger partial charge in [-0.1, -0.05) is 48.5 Å². The number of nitrogens with one attached hydrogen (secondary N) is 1. The molecule has 5 nitrogen and oxygen atoms in total. The summed E-state index contributed by atoms with van der Waals surface area (Å²) < 4.78 is 7.40. The summed E-state index contributed by atoms with van der Waals surface area (Å²) in [5.41, 5.74) is 4.14. The molecular formula is C26H21N3O2S. The van der Waals surface area contributed by atoms with Crippen molar-refractivity contribution in [3.63, 3.8) is 0 Å². The number of carbonyl (C=O) groups is 1. The van der Waals surface area contributed by atoms with Crippen molar-refractivity contribution in [3.05, 3.63) is 101 Å². The Hall–Kier alpha value is -3.77. The molecule has 1 aliphatic rings. The van der Waals surface area contributed by atoms with Crippen LogP contribution in [0.3, 0.4) is 0 Å². The van der Waals surface area contributed by atoms with Gasteiger partial charge in [0.1, 0.15) is 5.75 Å². The number of aromatic nitrogens is 1. The molecule has 1 fully saturated rings. The third-order valence-electron chi connectivity index (χ3n) is 5.26. The molecule has 32 heavy (non-hydrogen) atoms. The minimum atomic E-state index is -0.137. The predicted molar refractivity (Wildman–Crippen MR) is 131 cm³/mol. The summed E-state index contributed by atoms with van der Waals surface area (Å²) in [5.74, 6) is 0.631.